The maximum atomic E-state index is 16.1. The van der Waals surface area contributed by atoms with Gasteiger partial charge >= 0.3 is 5.69 Å². The van der Waals surface area contributed by atoms with Crippen LogP contribution in [0.4, 0.5) is 20.3 Å². The number of carbonyl (C=O) groups is 2. The third-order valence-electron chi connectivity index (χ3n) is 7.76. The van der Waals surface area contributed by atoms with Crippen molar-refractivity contribution in [2.75, 3.05) is 35.6 Å². The second kappa shape index (κ2) is 11.5. The average molecular weight is 618 g/mol. The lowest BCUT2D eigenvalue weighted by atomic mass is 10.1. The highest BCUT2D eigenvalue weighted by atomic mass is 32.2. The number of thioether (sulfide) groups is 1. The van der Waals surface area contributed by atoms with Gasteiger partial charge < -0.3 is 15.1 Å². The number of halogens is 2. The van der Waals surface area contributed by atoms with Gasteiger partial charge in [-0.05, 0) is 43.2 Å². The molecule has 2 bridgehead atoms. The Kier molecular flexibility index (Phi) is 7.66. The normalized spacial score (nSPS) is 16.7. The summed E-state index contributed by atoms with van der Waals surface area (Å²) in [7, 11) is 0. The first-order valence-corrected chi connectivity index (χ1v) is 15.1. The van der Waals surface area contributed by atoms with Crippen molar-refractivity contribution in [2.24, 2.45) is 0 Å². The Morgan fingerprint density at radius 3 is 2.68 bits per heavy atom. The number of pyridine rings is 2. The van der Waals surface area contributed by atoms with E-state index in [0.717, 1.165) is 6.07 Å². The van der Waals surface area contributed by atoms with Crippen LogP contribution in [0.2, 0.25) is 0 Å². The van der Waals surface area contributed by atoms with Gasteiger partial charge in [0.05, 0.1) is 33.8 Å². The summed E-state index contributed by atoms with van der Waals surface area (Å²) in [6.45, 7) is 10.3. The summed E-state index contributed by atoms with van der Waals surface area (Å²) in [5, 5.41) is 2.93. The van der Waals surface area contributed by atoms with Crippen molar-refractivity contribution in [3.63, 3.8) is 0 Å². The molecule has 1 N–H and O–H groups in total. The zero-order valence-electron chi connectivity index (χ0n) is 24.3. The molecule has 1 fully saturated rings. The van der Waals surface area contributed by atoms with Gasteiger partial charge in [0.1, 0.15) is 17.3 Å². The van der Waals surface area contributed by atoms with Crippen LogP contribution in [0, 0.1) is 11.6 Å². The number of hydrogen-bond donors (Lipinski definition) is 1. The maximum Gasteiger partial charge on any atom is 0.355 e. The van der Waals surface area contributed by atoms with Crippen molar-refractivity contribution in [1.29, 1.82) is 0 Å². The molecule has 0 saturated carbocycles. The molecule has 2 aliphatic heterocycles. The summed E-state index contributed by atoms with van der Waals surface area (Å²) in [5.41, 5.74) is -0.247. The Morgan fingerprint density at radius 1 is 1.16 bits per heavy atom. The predicted molar refractivity (Wildman–Crippen MR) is 165 cm³/mol. The Bertz CT molecular complexity index is 1910. The SMILES string of the molecule is C=CC(=O)N1CCN(c2nc(=O)n3c4nc(c(F)cc24)-c2c(F)cccc2NC(=O)CSc2ccnc(C(C)C)c2-3)[C@@H](C)C1. The summed E-state index contributed by atoms with van der Waals surface area (Å²) >= 11 is 1.19. The molecule has 5 heterocycles. The molecule has 0 aliphatic carbocycles. The van der Waals surface area contributed by atoms with Crippen LogP contribution in [0.3, 0.4) is 0 Å². The van der Waals surface area contributed by atoms with E-state index < -0.39 is 23.2 Å². The van der Waals surface area contributed by atoms with Crippen LogP contribution in [0.5, 0.6) is 0 Å². The molecule has 1 atom stereocenters. The number of hydrogen-bond acceptors (Lipinski definition) is 8. The summed E-state index contributed by atoms with van der Waals surface area (Å²) in [4.78, 5) is 57.1. The molecule has 1 saturated heterocycles. The van der Waals surface area contributed by atoms with E-state index >= 15 is 8.78 Å². The number of piperazine rings is 1. The Hall–Kier alpha value is -4.65. The number of fused-ring (bicyclic) bond motifs is 5. The van der Waals surface area contributed by atoms with E-state index in [-0.39, 0.29) is 57.4 Å². The highest BCUT2D eigenvalue weighted by Gasteiger charge is 2.31. The lowest BCUT2D eigenvalue weighted by molar-refractivity contribution is -0.126. The number of rotatable bonds is 3. The first-order chi connectivity index (χ1) is 21.1. The van der Waals surface area contributed by atoms with Crippen molar-refractivity contribution < 1.29 is 18.4 Å². The van der Waals surface area contributed by atoms with E-state index in [0.29, 0.717) is 35.9 Å². The third-order valence-corrected chi connectivity index (χ3v) is 8.80. The fourth-order valence-electron chi connectivity index (χ4n) is 5.72. The number of amides is 2. The number of carbonyl (C=O) groups excluding carboxylic acids is 2. The van der Waals surface area contributed by atoms with Gasteiger partial charge in [0.15, 0.2) is 11.5 Å². The minimum absolute atomic E-state index is 0.0551. The highest BCUT2D eigenvalue weighted by Crippen LogP contribution is 2.38. The Balaban J connectivity index is 1.70. The topological polar surface area (TPSA) is 113 Å². The zero-order chi connectivity index (χ0) is 31.3. The second-order valence-electron chi connectivity index (χ2n) is 11.0. The third kappa shape index (κ3) is 5.00. The van der Waals surface area contributed by atoms with E-state index in [2.05, 4.69) is 26.8 Å². The fraction of sp³-hybridized carbons (Fsp3) is 0.290. The van der Waals surface area contributed by atoms with Crippen LogP contribution in [-0.4, -0.2) is 67.7 Å². The standard InChI is InChI=1S/C31H29F2N7O3S/c1-5-24(42)38-11-12-39(17(4)14-38)29-18-13-20(33)27-25-19(32)7-6-8-21(25)35-23(41)15-44-22-9-10-34-26(16(2)3)28(22)40(30(18)36-27)31(43)37-29/h5-10,13,16-17H,1,11-12,14-15H2,2-4H3,(H,35,41)/t17-/m0/s1. The van der Waals surface area contributed by atoms with Gasteiger partial charge in [-0.15, -0.1) is 11.8 Å². The fourth-order valence-corrected chi connectivity index (χ4v) is 6.57. The Morgan fingerprint density at radius 2 is 1.95 bits per heavy atom. The van der Waals surface area contributed by atoms with Gasteiger partial charge in [0.2, 0.25) is 11.8 Å². The van der Waals surface area contributed by atoms with Crippen LogP contribution in [0.15, 0.2) is 58.9 Å². The van der Waals surface area contributed by atoms with Crippen molar-refractivity contribution in [2.45, 2.75) is 37.6 Å². The van der Waals surface area contributed by atoms with Gasteiger partial charge in [-0.1, -0.05) is 26.5 Å². The number of nitrogens with one attached hydrogen (secondary N) is 1. The monoisotopic (exact) mass is 617 g/mol. The highest BCUT2D eigenvalue weighted by molar-refractivity contribution is 8.00. The first-order valence-electron chi connectivity index (χ1n) is 14.1. The quantitative estimate of drug-likeness (QED) is 0.334. The van der Waals surface area contributed by atoms with Crippen LogP contribution >= 0.6 is 11.8 Å². The number of anilines is 2. The molecule has 2 aliphatic rings. The first kappa shape index (κ1) is 29.4. The summed E-state index contributed by atoms with van der Waals surface area (Å²) < 4.78 is 32.8. The lowest BCUT2D eigenvalue weighted by Crippen LogP contribution is -2.54. The van der Waals surface area contributed by atoms with Crippen LogP contribution < -0.4 is 15.9 Å². The summed E-state index contributed by atoms with van der Waals surface area (Å²) in [6, 6.07) is 6.67. The maximum absolute atomic E-state index is 16.1. The molecule has 2 amide bonds. The molecular formula is C31H29F2N7O3S. The average Bonchev–Trinajstić information content (AvgIpc) is 2.99. The van der Waals surface area contributed by atoms with Crippen molar-refractivity contribution >= 4 is 46.1 Å². The van der Waals surface area contributed by atoms with Crippen LogP contribution in [0.1, 0.15) is 32.4 Å². The molecule has 4 aromatic rings. The van der Waals surface area contributed by atoms with Gasteiger partial charge in [-0.3, -0.25) is 14.6 Å². The van der Waals surface area contributed by atoms with Gasteiger partial charge in [-0.25, -0.2) is 23.1 Å². The van der Waals surface area contributed by atoms with Crippen LogP contribution in [0.25, 0.3) is 28.0 Å². The predicted octanol–water partition coefficient (Wildman–Crippen LogP) is 4.51. The molecule has 0 unspecified atom stereocenters. The molecule has 0 radical (unpaired) electrons. The molecule has 13 heteroatoms. The van der Waals surface area contributed by atoms with Crippen LogP contribution in [-0.2, 0) is 9.59 Å². The molecule has 226 valence electrons. The minimum atomic E-state index is -0.860. The molecule has 6 rings (SSSR count). The number of aromatic nitrogens is 4. The molecule has 10 nitrogen and oxygen atoms in total. The summed E-state index contributed by atoms with van der Waals surface area (Å²) in [6.07, 6.45) is 2.86. The van der Waals surface area contributed by atoms with Crippen molar-refractivity contribution in [1.82, 2.24) is 24.4 Å². The largest absolute Gasteiger partial charge is 0.355 e. The van der Waals surface area contributed by atoms with E-state index in [4.69, 9.17) is 0 Å². The smallest absolute Gasteiger partial charge is 0.350 e. The molecule has 0 spiro atoms. The number of nitrogens with zero attached hydrogens (tertiary/aromatic N) is 6. The Labute approximate surface area is 255 Å². The second-order valence-corrected chi connectivity index (χ2v) is 12.0. The summed E-state index contributed by atoms with van der Waals surface area (Å²) in [5.74, 6) is -2.31. The van der Waals surface area contributed by atoms with Gasteiger partial charge in [-0.2, -0.15) is 4.98 Å². The molecule has 1 aromatic carbocycles. The van der Waals surface area contributed by atoms with Crippen molar-refractivity contribution in [3.8, 4) is 16.9 Å². The number of benzene rings is 1. The molecule has 3 aromatic heterocycles. The lowest BCUT2D eigenvalue weighted by Gasteiger charge is -2.40. The van der Waals surface area contributed by atoms with Crippen molar-refractivity contribution in [3.05, 3.63) is 77.0 Å². The van der Waals surface area contributed by atoms with Gasteiger partial charge in [0.25, 0.3) is 0 Å². The van der Waals surface area contributed by atoms with E-state index in [1.165, 1.54) is 40.6 Å². The molecular weight excluding hydrogens is 588 g/mol. The zero-order valence-corrected chi connectivity index (χ0v) is 25.1. The van der Waals surface area contributed by atoms with Gasteiger partial charge in [0, 0.05) is 36.8 Å². The minimum Gasteiger partial charge on any atom is -0.350 e. The molecule has 44 heavy (non-hydrogen) atoms. The van der Waals surface area contributed by atoms with E-state index in [9.17, 15) is 14.4 Å². The van der Waals surface area contributed by atoms with E-state index in [1.54, 1.807) is 17.2 Å². The van der Waals surface area contributed by atoms with E-state index in [1.807, 2.05) is 25.7 Å².